The van der Waals surface area contributed by atoms with Gasteiger partial charge in [-0.25, -0.2) is 0 Å². The van der Waals surface area contributed by atoms with Crippen LogP contribution in [-0.4, -0.2) is 18.4 Å². The van der Waals surface area contributed by atoms with Crippen molar-refractivity contribution in [3.63, 3.8) is 0 Å². The summed E-state index contributed by atoms with van der Waals surface area (Å²) in [6, 6.07) is 15.9. The van der Waals surface area contributed by atoms with Gasteiger partial charge in [0.25, 0.3) is 5.91 Å². The molecule has 0 aliphatic heterocycles. The monoisotopic (exact) mass is 412 g/mol. The van der Waals surface area contributed by atoms with Crippen LogP contribution in [-0.2, 0) is 4.79 Å². The number of nitrogens with one attached hydrogen (secondary N) is 2. The Balaban J connectivity index is 1.61. The lowest BCUT2D eigenvalue weighted by atomic mass is 9.95. The first-order valence-electron chi connectivity index (χ1n) is 9.67. The Morgan fingerprint density at radius 2 is 1.83 bits per heavy atom. The molecule has 0 saturated heterocycles. The molecule has 1 aromatic carbocycles. The molecule has 3 aromatic rings. The first-order valence-corrected chi connectivity index (χ1v) is 10.6. The number of hydrogen-bond acceptors (Lipinski definition) is 4. The van der Waals surface area contributed by atoms with Gasteiger partial charge in [-0.1, -0.05) is 44.2 Å². The topological polar surface area (TPSA) is 88.0 Å². The first kappa shape index (κ1) is 20.8. The second-order valence-electron chi connectivity index (χ2n) is 6.89. The van der Waals surface area contributed by atoms with E-state index < -0.39 is 5.91 Å². The summed E-state index contributed by atoms with van der Waals surface area (Å²) in [5, 5.41) is 4.01. The summed E-state index contributed by atoms with van der Waals surface area (Å²) in [6.07, 6.45) is 2.51. The van der Waals surface area contributed by atoms with Crippen molar-refractivity contribution in [1.29, 1.82) is 0 Å². The van der Waals surface area contributed by atoms with Gasteiger partial charge in [0.2, 0.25) is 0 Å². The molecule has 2 aromatic heterocycles. The first-order chi connectivity index (χ1) is 14.1. The molecule has 0 aliphatic carbocycles. The highest BCUT2D eigenvalue weighted by atomic mass is 32.1. The van der Waals surface area contributed by atoms with E-state index in [0.717, 1.165) is 12.0 Å². The molecule has 7 heteroatoms. The Bertz CT molecular complexity index is 905. The fraction of sp³-hybridized carbons (Fsp3) is 0.273. The summed E-state index contributed by atoms with van der Waals surface area (Å²) in [7, 11) is 0. The minimum Gasteiger partial charge on any atom is -0.459 e. The molecule has 0 bridgehead atoms. The van der Waals surface area contributed by atoms with Crippen LogP contribution in [0.1, 0.15) is 58.8 Å². The lowest BCUT2D eigenvalue weighted by Crippen LogP contribution is -2.88. The molecule has 152 valence electrons. The summed E-state index contributed by atoms with van der Waals surface area (Å²) >= 11 is 1.66. The molecule has 2 heterocycles. The van der Waals surface area contributed by atoms with Crippen molar-refractivity contribution >= 4 is 23.2 Å². The Hall–Kier alpha value is -2.90. The number of carbonyl (C=O) groups is 2. The van der Waals surface area contributed by atoms with Crippen LogP contribution >= 0.6 is 11.3 Å². The number of hydrogen-bond donors (Lipinski definition) is 3. The number of amides is 2. The van der Waals surface area contributed by atoms with Crippen molar-refractivity contribution < 1.29 is 19.3 Å². The number of benzene rings is 1. The van der Waals surface area contributed by atoms with Crippen LogP contribution in [0, 0.1) is 0 Å². The Morgan fingerprint density at radius 1 is 1.07 bits per heavy atom. The van der Waals surface area contributed by atoms with E-state index in [9.17, 15) is 9.59 Å². The van der Waals surface area contributed by atoms with Crippen LogP contribution in [0.2, 0.25) is 0 Å². The maximum Gasteiger partial charge on any atom is 0.305 e. The molecule has 0 radical (unpaired) electrons. The standard InChI is InChI=1S/C22H25N3O3S/c1-3-15(2)16-8-10-17(11-9-16)21(19-7-5-13-29-19)23-14-20(26)24-25-22(27)18-6-4-12-28-18/h4-13,15,21,23H,3,14H2,1-2H3,(H,24,26)(H,25,27)/p+1/t15-,21+/m0/s1. The van der Waals surface area contributed by atoms with Gasteiger partial charge in [-0.2, -0.15) is 0 Å². The number of rotatable bonds is 8. The molecule has 0 unspecified atom stereocenters. The van der Waals surface area contributed by atoms with E-state index in [1.165, 1.54) is 22.8 Å². The van der Waals surface area contributed by atoms with Gasteiger partial charge in [0.1, 0.15) is 6.04 Å². The van der Waals surface area contributed by atoms with Crippen LogP contribution in [0.3, 0.4) is 0 Å². The van der Waals surface area contributed by atoms with Crippen LogP contribution in [0.15, 0.2) is 64.6 Å². The number of furan rings is 1. The van der Waals surface area contributed by atoms with Gasteiger partial charge in [0.05, 0.1) is 11.1 Å². The second-order valence-corrected chi connectivity index (χ2v) is 7.87. The Morgan fingerprint density at radius 3 is 2.45 bits per heavy atom. The molecule has 4 N–H and O–H groups in total. The smallest absolute Gasteiger partial charge is 0.305 e. The highest BCUT2D eigenvalue weighted by Gasteiger charge is 2.21. The maximum absolute atomic E-state index is 12.2. The molecular weight excluding hydrogens is 386 g/mol. The normalized spacial score (nSPS) is 12.9. The summed E-state index contributed by atoms with van der Waals surface area (Å²) in [5.41, 5.74) is 7.25. The fourth-order valence-electron chi connectivity index (χ4n) is 3.02. The molecule has 29 heavy (non-hydrogen) atoms. The number of quaternary nitrogens is 1. The van der Waals surface area contributed by atoms with E-state index in [0.29, 0.717) is 5.92 Å². The molecule has 0 saturated carbocycles. The van der Waals surface area contributed by atoms with Gasteiger partial charge in [0.15, 0.2) is 12.3 Å². The minimum absolute atomic E-state index is 0.0208. The van der Waals surface area contributed by atoms with E-state index >= 15 is 0 Å². The van der Waals surface area contributed by atoms with Gasteiger partial charge in [-0.15, -0.1) is 11.3 Å². The summed E-state index contributed by atoms with van der Waals surface area (Å²) in [5.74, 6) is -0.106. The zero-order valence-electron chi connectivity index (χ0n) is 16.6. The van der Waals surface area contributed by atoms with Gasteiger partial charge in [0, 0.05) is 5.56 Å². The SMILES string of the molecule is CC[C@H](C)c1ccc([C@@H]([NH2+]CC(=O)NNC(=O)c2ccco2)c2cccs2)cc1. The quantitative estimate of drug-likeness (QED) is 0.497. The van der Waals surface area contributed by atoms with Crippen molar-refractivity contribution in [3.8, 4) is 0 Å². The fourth-order valence-corrected chi connectivity index (χ4v) is 3.87. The van der Waals surface area contributed by atoms with Crippen LogP contribution in [0.5, 0.6) is 0 Å². The highest BCUT2D eigenvalue weighted by molar-refractivity contribution is 7.10. The third-order valence-electron chi connectivity index (χ3n) is 4.93. The molecule has 6 nitrogen and oxygen atoms in total. The van der Waals surface area contributed by atoms with E-state index in [1.54, 1.807) is 17.4 Å². The minimum atomic E-state index is -0.487. The molecule has 0 aliphatic rings. The van der Waals surface area contributed by atoms with Crippen molar-refractivity contribution in [3.05, 3.63) is 81.9 Å². The molecule has 3 rings (SSSR count). The van der Waals surface area contributed by atoms with E-state index in [4.69, 9.17) is 4.42 Å². The summed E-state index contributed by atoms with van der Waals surface area (Å²) in [6.45, 7) is 4.58. The second kappa shape index (κ2) is 10.0. The van der Waals surface area contributed by atoms with Gasteiger partial charge in [-0.3, -0.25) is 20.4 Å². The number of thiophene rings is 1. The zero-order chi connectivity index (χ0) is 20.6. The number of carbonyl (C=O) groups excluding carboxylic acids is 2. The summed E-state index contributed by atoms with van der Waals surface area (Å²) < 4.78 is 5.00. The molecule has 2 atom stereocenters. The van der Waals surface area contributed by atoms with E-state index in [2.05, 4.69) is 55.0 Å². The number of hydrazine groups is 1. The van der Waals surface area contributed by atoms with E-state index in [1.807, 2.05) is 16.8 Å². The molecule has 0 spiro atoms. The van der Waals surface area contributed by atoms with Crippen molar-refractivity contribution in [2.75, 3.05) is 6.54 Å². The lowest BCUT2D eigenvalue weighted by molar-refractivity contribution is -0.676. The maximum atomic E-state index is 12.2. The average Bonchev–Trinajstić information content (AvgIpc) is 3.46. The van der Waals surface area contributed by atoms with Crippen molar-refractivity contribution in [2.24, 2.45) is 0 Å². The third kappa shape index (κ3) is 5.56. The average molecular weight is 413 g/mol. The Labute approximate surface area is 174 Å². The zero-order valence-corrected chi connectivity index (χ0v) is 17.4. The highest BCUT2D eigenvalue weighted by Crippen LogP contribution is 2.25. The van der Waals surface area contributed by atoms with Crippen molar-refractivity contribution in [1.82, 2.24) is 10.9 Å². The lowest BCUT2D eigenvalue weighted by Gasteiger charge is -2.16. The van der Waals surface area contributed by atoms with Gasteiger partial charge in [-0.05, 0) is 41.5 Å². The Kier molecular flexibility index (Phi) is 7.21. The van der Waals surface area contributed by atoms with E-state index in [-0.39, 0.29) is 24.3 Å². The molecular formula is C22H26N3O3S+. The third-order valence-corrected chi connectivity index (χ3v) is 5.88. The molecule has 2 amide bonds. The molecule has 0 fully saturated rings. The number of nitrogens with two attached hydrogens (primary N) is 1. The van der Waals surface area contributed by atoms with Crippen molar-refractivity contribution in [2.45, 2.75) is 32.2 Å². The van der Waals surface area contributed by atoms with Crippen LogP contribution in [0.25, 0.3) is 0 Å². The summed E-state index contributed by atoms with van der Waals surface area (Å²) in [4.78, 5) is 25.2. The van der Waals surface area contributed by atoms with Crippen LogP contribution in [0.4, 0.5) is 0 Å². The van der Waals surface area contributed by atoms with Crippen LogP contribution < -0.4 is 16.2 Å². The predicted octanol–water partition coefficient (Wildman–Crippen LogP) is 2.97. The largest absolute Gasteiger partial charge is 0.459 e. The predicted molar refractivity (Wildman–Crippen MR) is 112 cm³/mol. The van der Waals surface area contributed by atoms with Gasteiger partial charge >= 0.3 is 5.91 Å². The van der Waals surface area contributed by atoms with Gasteiger partial charge < -0.3 is 9.73 Å².